The predicted molar refractivity (Wildman–Crippen MR) is 95.7 cm³/mol. The molecule has 25 heavy (non-hydrogen) atoms. The molecule has 0 fully saturated rings. The van der Waals surface area contributed by atoms with Crippen LogP contribution in [-0.4, -0.2) is 21.0 Å². The zero-order chi connectivity index (χ0) is 17.4. The molecule has 2 aromatic heterocycles. The van der Waals surface area contributed by atoms with Gasteiger partial charge in [0.25, 0.3) is 5.91 Å². The van der Waals surface area contributed by atoms with E-state index < -0.39 is 0 Å². The minimum Gasteiger partial charge on any atom is -0.361 e. The van der Waals surface area contributed by atoms with E-state index in [0.717, 1.165) is 22.4 Å². The lowest BCUT2D eigenvalue weighted by Gasteiger charge is -2.03. The number of aryl methyl sites for hydroxylation is 1. The Labute approximate surface area is 147 Å². The van der Waals surface area contributed by atoms with Gasteiger partial charge >= 0.3 is 0 Å². The van der Waals surface area contributed by atoms with Crippen LogP contribution in [0.5, 0.6) is 0 Å². The highest BCUT2D eigenvalue weighted by Crippen LogP contribution is 2.24. The van der Waals surface area contributed by atoms with Gasteiger partial charge in [0.1, 0.15) is 17.1 Å². The van der Waals surface area contributed by atoms with Crippen LogP contribution in [0.1, 0.15) is 16.1 Å². The minimum absolute atomic E-state index is 0.268. The zero-order valence-corrected chi connectivity index (χ0v) is 14.0. The summed E-state index contributed by atoms with van der Waals surface area (Å²) in [7, 11) is 0. The molecule has 0 radical (unpaired) electrons. The lowest BCUT2D eigenvalue weighted by molar-refractivity contribution is 0.102. The highest BCUT2D eigenvalue weighted by atomic mass is 35.5. The average molecular weight is 353 g/mol. The molecule has 0 saturated carbocycles. The molecule has 0 aliphatic rings. The number of rotatable bonds is 3. The number of halogens is 1. The van der Waals surface area contributed by atoms with Crippen molar-refractivity contribution < 1.29 is 9.32 Å². The first kappa shape index (κ1) is 15.4. The van der Waals surface area contributed by atoms with Gasteiger partial charge in [-0.05, 0) is 49.4 Å². The van der Waals surface area contributed by atoms with Crippen LogP contribution in [0.3, 0.4) is 0 Å². The fraction of sp³-hybridized carbons (Fsp3) is 0.0556. The SMILES string of the molecule is Cc1oncc1C(=O)Nc1ccc2nc(-c3ccc(Cl)cc3)[nH]c2c1. The zero-order valence-electron chi connectivity index (χ0n) is 13.2. The Bertz CT molecular complexity index is 1070. The number of carbonyl (C=O) groups excluding carboxylic acids is 1. The van der Waals surface area contributed by atoms with E-state index in [1.807, 2.05) is 36.4 Å². The maximum absolute atomic E-state index is 12.2. The Morgan fingerprint density at radius 1 is 1.20 bits per heavy atom. The molecule has 0 aliphatic carbocycles. The summed E-state index contributed by atoms with van der Waals surface area (Å²) in [6.07, 6.45) is 1.40. The molecule has 4 rings (SSSR count). The molecule has 6 nitrogen and oxygen atoms in total. The molecule has 2 aromatic carbocycles. The maximum Gasteiger partial charge on any atom is 0.260 e. The summed E-state index contributed by atoms with van der Waals surface area (Å²) in [5, 5.41) is 7.12. The van der Waals surface area contributed by atoms with Crippen molar-refractivity contribution in [3.8, 4) is 11.4 Å². The van der Waals surface area contributed by atoms with Crippen molar-refractivity contribution in [3.63, 3.8) is 0 Å². The maximum atomic E-state index is 12.2. The molecule has 4 aromatic rings. The van der Waals surface area contributed by atoms with E-state index in [9.17, 15) is 4.79 Å². The smallest absolute Gasteiger partial charge is 0.260 e. The van der Waals surface area contributed by atoms with Crippen molar-refractivity contribution in [2.45, 2.75) is 6.92 Å². The Morgan fingerprint density at radius 2 is 2.00 bits per heavy atom. The van der Waals surface area contributed by atoms with Gasteiger partial charge in [0.05, 0.1) is 17.2 Å². The second-order valence-electron chi connectivity index (χ2n) is 5.57. The van der Waals surface area contributed by atoms with Crippen molar-refractivity contribution in [2.75, 3.05) is 5.32 Å². The number of nitrogens with one attached hydrogen (secondary N) is 2. The lowest BCUT2D eigenvalue weighted by atomic mass is 10.2. The second-order valence-corrected chi connectivity index (χ2v) is 6.01. The van der Waals surface area contributed by atoms with Gasteiger partial charge in [0.15, 0.2) is 0 Å². The molecule has 0 bridgehead atoms. The van der Waals surface area contributed by atoms with Gasteiger partial charge in [0.2, 0.25) is 0 Å². The minimum atomic E-state index is -0.268. The van der Waals surface area contributed by atoms with E-state index in [1.54, 1.807) is 13.0 Å². The molecule has 1 amide bonds. The largest absolute Gasteiger partial charge is 0.361 e. The third-order valence-electron chi connectivity index (χ3n) is 3.85. The third-order valence-corrected chi connectivity index (χ3v) is 4.10. The van der Waals surface area contributed by atoms with Gasteiger partial charge in [-0.15, -0.1) is 0 Å². The molecule has 0 spiro atoms. The third kappa shape index (κ3) is 2.99. The van der Waals surface area contributed by atoms with Crippen LogP contribution in [-0.2, 0) is 0 Å². The number of H-pyrrole nitrogens is 1. The van der Waals surface area contributed by atoms with Crippen LogP contribution in [0, 0.1) is 6.92 Å². The molecule has 0 unspecified atom stereocenters. The van der Waals surface area contributed by atoms with Gasteiger partial charge in [-0.25, -0.2) is 4.98 Å². The summed E-state index contributed by atoms with van der Waals surface area (Å²) in [6, 6.07) is 12.9. The van der Waals surface area contributed by atoms with Crippen molar-refractivity contribution in [1.82, 2.24) is 15.1 Å². The van der Waals surface area contributed by atoms with Crippen LogP contribution >= 0.6 is 11.6 Å². The summed E-state index contributed by atoms with van der Waals surface area (Å²) in [4.78, 5) is 20.1. The number of imidazole rings is 1. The molecule has 2 heterocycles. The molecule has 124 valence electrons. The van der Waals surface area contributed by atoms with Crippen LogP contribution < -0.4 is 5.32 Å². The number of benzene rings is 2. The van der Waals surface area contributed by atoms with E-state index in [2.05, 4.69) is 20.4 Å². The number of anilines is 1. The topological polar surface area (TPSA) is 83.8 Å². The predicted octanol–water partition coefficient (Wildman–Crippen LogP) is 4.43. The van der Waals surface area contributed by atoms with Crippen molar-refractivity contribution in [1.29, 1.82) is 0 Å². The Morgan fingerprint density at radius 3 is 2.72 bits per heavy atom. The van der Waals surface area contributed by atoms with E-state index in [4.69, 9.17) is 16.1 Å². The van der Waals surface area contributed by atoms with E-state index in [-0.39, 0.29) is 5.91 Å². The number of aromatic nitrogens is 3. The number of nitrogens with zero attached hydrogens (tertiary/aromatic N) is 2. The van der Waals surface area contributed by atoms with Gasteiger partial charge in [-0.1, -0.05) is 16.8 Å². The number of aromatic amines is 1. The van der Waals surface area contributed by atoms with E-state index in [1.165, 1.54) is 6.20 Å². The number of fused-ring (bicyclic) bond motifs is 1. The number of hydrogen-bond acceptors (Lipinski definition) is 4. The Hall–Kier alpha value is -3.12. The molecule has 0 atom stereocenters. The summed E-state index contributed by atoms with van der Waals surface area (Å²) >= 11 is 5.92. The fourth-order valence-corrected chi connectivity index (χ4v) is 2.67. The number of carbonyl (C=O) groups is 1. The van der Waals surface area contributed by atoms with Gasteiger partial charge in [-0.3, -0.25) is 4.79 Å². The highest BCUT2D eigenvalue weighted by Gasteiger charge is 2.13. The van der Waals surface area contributed by atoms with Crippen LogP contribution in [0.25, 0.3) is 22.4 Å². The first-order valence-electron chi connectivity index (χ1n) is 7.58. The first-order chi connectivity index (χ1) is 12.1. The van der Waals surface area contributed by atoms with Crippen molar-refractivity contribution in [3.05, 3.63) is 65.0 Å². The monoisotopic (exact) mass is 352 g/mol. The van der Waals surface area contributed by atoms with Crippen LogP contribution in [0.2, 0.25) is 5.02 Å². The summed E-state index contributed by atoms with van der Waals surface area (Å²) in [6.45, 7) is 1.69. The molecular weight excluding hydrogens is 340 g/mol. The van der Waals surface area contributed by atoms with Crippen molar-refractivity contribution >= 4 is 34.2 Å². The second kappa shape index (κ2) is 6.07. The van der Waals surface area contributed by atoms with Crippen molar-refractivity contribution in [2.24, 2.45) is 0 Å². The summed E-state index contributed by atoms with van der Waals surface area (Å²) < 4.78 is 4.92. The van der Waals surface area contributed by atoms with E-state index in [0.29, 0.717) is 22.0 Å². The highest BCUT2D eigenvalue weighted by molar-refractivity contribution is 6.30. The Kier molecular flexibility index (Phi) is 3.74. The van der Waals surface area contributed by atoms with Crippen LogP contribution in [0.15, 0.2) is 53.2 Å². The summed E-state index contributed by atoms with van der Waals surface area (Å²) in [5.41, 5.74) is 3.64. The number of amides is 1. The van der Waals surface area contributed by atoms with E-state index >= 15 is 0 Å². The molecular formula is C18H13ClN4O2. The molecule has 0 aliphatic heterocycles. The van der Waals surface area contributed by atoms with Crippen LogP contribution in [0.4, 0.5) is 5.69 Å². The molecule has 0 saturated heterocycles. The summed E-state index contributed by atoms with van der Waals surface area (Å²) in [5.74, 6) is 0.950. The van der Waals surface area contributed by atoms with Gasteiger partial charge < -0.3 is 14.8 Å². The lowest BCUT2D eigenvalue weighted by Crippen LogP contribution is -2.11. The molecule has 7 heteroatoms. The molecule has 2 N–H and O–H groups in total. The number of hydrogen-bond donors (Lipinski definition) is 2. The standard InChI is InChI=1S/C18H13ClN4O2/c1-10-14(9-20-25-10)18(24)21-13-6-7-15-16(8-13)23-17(22-15)11-2-4-12(19)5-3-11/h2-9H,1H3,(H,21,24)(H,22,23). The van der Waals surface area contributed by atoms with Gasteiger partial charge in [-0.2, -0.15) is 0 Å². The first-order valence-corrected chi connectivity index (χ1v) is 7.96. The quantitative estimate of drug-likeness (QED) is 0.571. The fourth-order valence-electron chi connectivity index (χ4n) is 2.55. The average Bonchev–Trinajstić information content (AvgIpc) is 3.21. The Balaban J connectivity index is 1.63. The van der Waals surface area contributed by atoms with Gasteiger partial charge in [0, 0.05) is 16.3 Å². The normalized spacial score (nSPS) is 11.0.